The third-order valence-electron chi connectivity index (χ3n) is 8.96. The molecule has 5 heterocycles. The van der Waals surface area contributed by atoms with Gasteiger partial charge in [-0.1, -0.05) is 31.8 Å². The van der Waals surface area contributed by atoms with Crippen LogP contribution in [0.4, 0.5) is 32.9 Å². The van der Waals surface area contributed by atoms with Crippen LogP contribution >= 0.6 is 11.3 Å². The highest BCUT2D eigenvalue weighted by Gasteiger charge is 2.35. The maximum Gasteiger partial charge on any atom is 0.318 e. The number of hydrogen-bond acceptors (Lipinski definition) is 9. The molecule has 0 bridgehead atoms. The van der Waals surface area contributed by atoms with Gasteiger partial charge in [-0.15, -0.1) is 0 Å². The number of halogens is 5. The molecule has 0 saturated carbocycles. The quantitative estimate of drug-likeness (QED) is 0.173. The van der Waals surface area contributed by atoms with Crippen LogP contribution in [-0.4, -0.2) is 88.7 Å². The van der Waals surface area contributed by atoms with E-state index in [2.05, 4.69) is 26.4 Å². The van der Waals surface area contributed by atoms with E-state index in [1.165, 1.54) is 32.1 Å². The van der Waals surface area contributed by atoms with Gasteiger partial charge in [-0.05, 0) is 57.0 Å². The lowest BCUT2D eigenvalue weighted by Gasteiger charge is -2.40. The van der Waals surface area contributed by atoms with Crippen molar-refractivity contribution in [2.45, 2.75) is 64.7 Å². The number of aromatic nitrogens is 3. The standard InChI is InChI=1S/C25H22F4N6O2S.C7H12FN.C2H6/c1-4-16(36)35-8-7-34(10-11(35)2)23-14-9-13(22(28)29)17(18(27)19(14)32-25(33-23)37-3)12-5-6-15(26)21-20(12)31-24(30)38-21;8-6-4-7-2-1-3-9(7)5-6;1-2/h4-6,9,11,22H,1,7-8,10H2,2-3H3,(H2,30,31);6-7H,1-5H2;1-2H3. The maximum absolute atomic E-state index is 16.3. The van der Waals surface area contributed by atoms with Crippen molar-refractivity contribution in [1.29, 1.82) is 0 Å². The first-order valence-electron chi connectivity index (χ1n) is 16.3. The number of carbonyl (C=O) groups is 1. The van der Waals surface area contributed by atoms with Crippen LogP contribution in [0.3, 0.4) is 0 Å². The van der Waals surface area contributed by atoms with E-state index in [9.17, 15) is 22.4 Å². The van der Waals surface area contributed by atoms with Crippen molar-refractivity contribution in [3.63, 3.8) is 0 Å². The second-order valence-electron chi connectivity index (χ2n) is 11.9. The van der Waals surface area contributed by atoms with Crippen LogP contribution in [0.2, 0.25) is 0 Å². The summed E-state index contributed by atoms with van der Waals surface area (Å²) in [4.78, 5) is 30.4. The summed E-state index contributed by atoms with van der Waals surface area (Å²) < 4.78 is 77.4. The zero-order chi connectivity index (χ0) is 35.6. The predicted octanol–water partition coefficient (Wildman–Crippen LogP) is 7.16. The second kappa shape index (κ2) is 15.2. The Morgan fingerprint density at radius 1 is 1.12 bits per heavy atom. The minimum Gasteiger partial charge on any atom is -0.467 e. The normalized spacial score (nSPS) is 20.6. The number of ether oxygens (including phenoxy) is 1. The Kier molecular flexibility index (Phi) is 11.2. The van der Waals surface area contributed by atoms with Crippen molar-refractivity contribution < 1.29 is 31.5 Å². The van der Waals surface area contributed by atoms with Gasteiger partial charge in [0.05, 0.1) is 17.3 Å². The number of nitrogens with zero attached hydrogens (tertiary/aromatic N) is 6. The Morgan fingerprint density at radius 3 is 2.53 bits per heavy atom. The van der Waals surface area contributed by atoms with Crippen molar-refractivity contribution in [1.82, 2.24) is 24.8 Å². The summed E-state index contributed by atoms with van der Waals surface area (Å²) in [6, 6.07) is 3.59. The summed E-state index contributed by atoms with van der Waals surface area (Å²) >= 11 is 0.838. The third-order valence-corrected chi connectivity index (χ3v) is 9.86. The van der Waals surface area contributed by atoms with E-state index in [4.69, 9.17) is 10.5 Å². The van der Waals surface area contributed by atoms with Crippen LogP contribution in [0.25, 0.3) is 32.2 Å². The second-order valence-corrected chi connectivity index (χ2v) is 12.9. The van der Waals surface area contributed by atoms with Crippen LogP contribution < -0.4 is 15.4 Å². The molecule has 3 fully saturated rings. The molecule has 3 atom stereocenters. The molecule has 2 aromatic heterocycles. The number of benzene rings is 2. The fourth-order valence-electron chi connectivity index (χ4n) is 6.80. The Labute approximate surface area is 285 Å². The first-order valence-corrected chi connectivity index (χ1v) is 17.1. The molecular formula is C34H40F5N7O2S. The van der Waals surface area contributed by atoms with Crippen LogP contribution in [0.1, 0.15) is 52.0 Å². The lowest BCUT2D eigenvalue weighted by Crippen LogP contribution is -2.54. The summed E-state index contributed by atoms with van der Waals surface area (Å²) in [7, 11) is 1.31. The van der Waals surface area contributed by atoms with Gasteiger partial charge in [0, 0.05) is 60.3 Å². The highest BCUT2D eigenvalue weighted by molar-refractivity contribution is 7.22. The first-order chi connectivity index (χ1) is 23.5. The molecular weight excluding hydrogens is 665 g/mol. The number of hydrogen-bond donors (Lipinski definition) is 1. The van der Waals surface area contributed by atoms with Crippen molar-refractivity contribution in [3.8, 4) is 17.1 Å². The molecule has 2 aromatic carbocycles. The number of carbonyl (C=O) groups excluding carboxylic acids is 1. The molecule has 49 heavy (non-hydrogen) atoms. The molecule has 0 aliphatic carbocycles. The van der Waals surface area contributed by atoms with E-state index in [1.54, 1.807) is 9.80 Å². The largest absolute Gasteiger partial charge is 0.467 e. The molecule has 2 N–H and O–H groups in total. The number of fused-ring (bicyclic) bond motifs is 3. The number of methoxy groups -OCH3 is 1. The Bertz CT molecular complexity index is 1830. The monoisotopic (exact) mass is 705 g/mol. The molecule has 4 aromatic rings. The number of nitrogens with two attached hydrogens (primary N) is 1. The van der Waals surface area contributed by atoms with Crippen LogP contribution in [0.15, 0.2) is 30.9 Å². The van der Waals surface area contributed by atoms with Crippen molar-refractivity contribution >= 4 is 49.3 Å². The van der Waals surface area contributed by atoms with Crippen molar-refractivity contribution in [2.24, 2.45) is 0 Å². The highest BCUT2D eigenvalue weighted by atomic mass is 32.1. The summed E-state index contributed by atoms with van der Waals surface area (Å²) in [6.45, 7) is 12.1. The lowest BCUT2D eigenvalue weighted by molar-refractivity contribution is -0.128. The first kappa shape index (κ1) is 36.2. The SMILES string of the molecule is C=CC(=O)N1CCN(c2nc(OC)nc3c(F)c(-c4ccc(F)c5sc(N)nc45)c(C(F)F)cc23)CC1C.CC.FC1CC2CCCN2C1. The summed E-state index contributed by atoms with van der Waals surface area (Å²) in [6.07, 6.45) is 0.951. The van der Waals surface area contributed by atoms with Gasteiger partial charge in [-0.2, -0.15) is 9.97 Å². The van der Waals surface area contributed by atoms with E-state index in [-0.39, 0.29) is 55.6 Å². The Hall–Kier alpha value is -4.11. The smallest absolute Gasteiger partial charge is 0.318 e. The minimum atomic E-state index is -3.09. The molecule has 3 aliphatic rings. The number of anilines is 2. The van der Waals surface area contributed by atoms with Crippen LogP contribution in [-0.2, 0) is 4.79 Å². The molecule has 9 nitrogen and oxygen atoms in total. The van der Waals surface area contributed by atoms with Gasteiger partial charge in [0.1, 0.15) is 23.3 Å². The molecule has 15 heteroatoms. The molecule has 1 amide bonds. The van der Waals surface area contributed by atoms with E-state index in [1.807, 2.05) is 20.8 Å². The molecule has 3 saturated heterocycles. The number of piperazine rings is 1. The zero-order valence-corrected chi connectivity index (χ0v) is 28.7. The van der Waals surface area contributed by atoms with Gasteiger partial charge in [0.2, 0.25) is 5.91 Å². The van der Waals surface area contributed by atoms with Crippen molar-refractivity contribution in [3.05, 3.63) is 48.1 Å². The van der Waals surface area contributed by atoms with E-state index >= 15 is 4.39 Å². The molecule has 7 rings (SSSR count). The van der Waals surface area contributed by atoms with Gasteiger partial charge in [-0.3, -0.25) is 9.69 Å². The average Bonchev–Trinajstić information content (AvgIpc) is 3.80. The highest BCUT2D eigenvalue weighted by Crippen LogP contribution is 2.43. The number of rotatable bonds is 5. The summed E-state index contributed by atoms with van der Waals surface area (Å²) in [5.74, 6) is -1.73. The summed E-state index contributed by atoms with van der Waals surface area (Å²) in [5.41, 5.74) is 4.36. The van der Waals surface area contributed by atoms with Gasteiger partial charge in [0.25, 0.3) is 6.43 Å². The fourth-order valence-corrected chi connectivity index (χ4v) is 7.57. The molecule has 0 spiro atoms. The summed E-state index contributed by atoms with van der Waals surface area (Å²) in [5, 5.41) is 0.0646. The molecule has 3 unspecified atom stereocenters. The van der Waals surface area contributed by atoms with E-state index in [0.29, 0.717) is 32.2 Å². The van der Waals surface area contributed by atoms with Crippen LogP contribution in [0.5, 0.6) is 6.01 Å². The number of amides is 1. The Morgan fingerprint density at radius 2 is 1.88 bits per heavy atom. The average molecular weight is 706 g/mol. The van der Waals surface area contributed by atoms with E-state index < -0.39 is 35.4 Å². The number of nitrogen functional groups attached to an aromatic ring is 1. The topological polar surface area (TPSA) is 101 Å². The minimum absolute atomic E-state index is 0.0145. The van der Waals surface area contributed by atoms with Gasteiger partial charge < -0.3 is 20.3 Å². The lowest BCUT2D eigenvalue weighted by atomic mass is 9.95. The number of alkyl halides is 3. The van der Waals surface area contributed by atoms with Gasteiger partial charge in [0.15, 0.2) is 10.9 Å². The number of thiazole rings is 1. The molecule has 0 radical (unpaired) electrons. The fraction of sp³-hybridized carbons (Fsp3) is 0.471. The van der Waals surface area contributed by atoms with Gasteiger partial charge in [-0.25, -0.2) is 26.9 Å². The Balaban J connectivity index is 0.000000361. The van der Waals surface area contributed by atoms with Crippen molar-refractivity contribution in [2.75, 3.05) is 50.5 Å². The maximum atomic E-state index is 16.3. The third kappa shape index (κ3) is 7.14. The predicted molar refractivity (Wildman–Crippen MR) is 183 cm³/mol. The van der Waals surface area contributed by atoms with Gasteiger partial charge >= 0.3 is 6.01 Å². The van der Waals surface area contributed by atoms with Crippen LogP contribution in [0, 0.1) is 11.6 Å². The molecule has 3 aliphatic heterocycles. The zero-order valence-electron chi connectivity index (χ0n) is 27.9. The molecule has 264 valence electrons. The van der Waals surface area contributed by atoms with E-state index in [0.717, 1.165) is 36.4 Å².